The molecule has 1 atom stereocenters. The number of aryl methyl sites for hydroxylation is 2. The van der Waals surface area contributed by atoms with Crippen molar-refractivity contribution in [2.24, 2.45) is 14.1 Å². The van der Waals surface area contributed by atoms with Crippen LogP contribution in [0.5, 0.6) is 0 Å². The Bertz CT molecular complexity index is 2830. The summed E-state index contributed by atoms with van der Waals surface area (Å²) in [5, 5.41) is 38.9. The third-order valence-corrected chi connectivity index (χ3v) is 11.6. The van der Waals surface area contributed by atoms with Crippen molar-refractivity contribution in [2.45, 2.75) is 50.6 Å². The second-order valence-corrected chi connectivity index (χ2v) is 18.7. The Morgan fingerprint density at radius 1 is 0.699 bits per heavy atom. The van der Waals surface area contributed by atoms with Crippen LogP contribution in [-0.2, 0) is 90.9 Å². The molecule has 10 N–H and O–H groups in total. The number of nitrogens with one attached hydrogen (secondary N) is 7. The number of anilines is 2. The average molecular weight is 1170 g/mol. The molecule has 0 radical (unpaired) electrons. The van der Waals surface area contributed by atoms with Crippen LogP contribution in [-0.4, -0.2) is 215 Å². The first-order valence-corrected chi connectivity index (χ1v) is 26.5. The van der Waals surface area contributed by atoms with E-state index in [1.807, 2.05) is 13.2 Å². The fraction of sp³-hybridized carbons (Fsp3) is 0.560. The molecule has 4 aromatic heterocycles. The summed E-state index contributed by atoms with van der Waals surface area (Å²) in [7, 11) is 5.37. The molecule has 5 heterocycles. The van der Waals surface area contributed by atoms with Crippen LogP contribution in [0, 0.1) is 0 Å². The zero-order valence-corrected chi connectivity index (χ0v) is 46.7. The van der Waals surface area contributed by atoms with Crippen molar-refractivity contribution >= 4 is 46.5 Å². The molecule has 6 rings (SSSR count). The average Bonchev–Trinajstić information content (AvgIpc) is 4.28. The third kappa shape index (κ3) is 24.2. The van der Waals surface area contributed by atoms with Gasteiger partial charge in [0.1, 0.15) is 23.0 Å². The van der Waals surface area contributed by atoms with Crippen LogP contribution in [0.25, 0.3) is 11.2 Å². The lowest BCUT2D eigenvalue weighted by atomic mass is 10.0. The number of carbonyl (C=O) groups is 4. The number of carboxylic acids is 1. The number of carboxylic acid groups (broad SMARTS) is 1. The summed E-state index contributed by atoms with van der Waals surface area (Å²) in [4.78, 5) is 77.4. The summed E-state index contributed by atoms with van der Waals surface area (Å²) in [6.07, 6.45) is 6.59. The number of amides is 3. The lowest BCUT2D eigenvalue weighted by molar-refractivity contribution is -0.139. The molecule has 1 aliphatic heterocycles. The van der Waals surface area contributed by atoms with E-state index >= 15 is 0 Å². The van der Waals surface area contributed by atoms with Crippen molar-refractivity contribution < 1.29 is 66.9 Å². The maximum absolute atomic E-state index is 13.4. The van der Waals surface area contributed by atoms with Gasteiger partial charge in [-0.15, -0.1) is 15.7 Å². The van der Waals surface area contributed by atoms with Crippen molar-refractivity contribution in [3.05, 3.63) is 87.8 Å². The molecule has 0 spiro atoms. The molecule has 0 saturated carbocycles. The van der Waals surface area contributed by atoms with Gasteiger partial charge in [0.25, 0.3) is 11.5 Å². The number of hydrazine groups is 2. The number of rotatable bonds is 43. The van der Waals surface area contributed by atoms with E-state index in [0.717, 1.165) is 5.70 Å². The van der Waals surface area contributed by atoms with Crippen LogP contribution in [0.2, 0.25) is 0 Å². The molecule has 33 heteroatoms. The number of nitrogens with zero attached hydrogens (tertiary/aromatic N) is 10. The zero-order chi connectivity index (χ0) is 59.1. The number of carbonyl (C=O) groups excluding carboxylic acids is 3. The number of benzene rings is 1. The minimum atomic E-state index is -1.30. The Hall–Kier alpha value is -7.86. The van der Waals surface area contributed by atoms with Gasteiger partial charge in [-0.05, 0) is 30.7 Å². The summed E-state index contributed by atoms with van der Waals surface area (Å²) in [5.41, 5.74) is 13.4. The van der Waals surface area contributed by atoms with Gasteiger partial charge in [0.15, 0.2) is 11.2 Å². The van der Waals surface area contributed by atoms with Crippen molar-refractivity contribution in [3.63, 3.8) is 0 Å². The van der Waals surface area contributed by atoms with Crippen LogP contribution >= 0.6 is 0 Å². The Balaban J connectivity index is 0.730. The van der Waals surface area contributed by atoms with E-state index < -0.39 is 34.9 Å². The number of aromatic nitrogens is 10. The van der Waals surface area contributed by atoms with Crippen LogP contribution in [0.4, 0.5) is 11.6 Å². The second kappa shape index (κ2) is 35.2. The molecule has 83 heavy (non-hydrogen) atoms. The minimum Gasteiger partial charge on any atom is -0.480 e. The van der Waals surface area contributed by atoms with Crippen LogP contribution in [0.1, 0.15) is 46.7 Å². The fourth-order valence-corrected chi connectivity index (χ4v) is 7.58. The highest BCUT2D eigenvalue weighted by atomic mass is 16.6. The maximum Gasteiger partial charge on any atom is 0.326 e. The van der Waals surface area contributed by atoms with Gasteiger partial charge in [-0.1, -0.05) is 10.4 Å². The van der Waals surface area contributed by atoms with E-state index in [4.69, 9.17) is 48.4 Å². The molecular formula is C50H74N18O15. The van der Waals surface area contributed by atoms with Crippen LogP contribution < -0.4 is 43.5 Å². The van der Waals surface area contributed by atoms with E-state index in [2.05, 4.69) is 72.8 Å². The number of nitrogen functional groups attached to an aromatic ring is 1. The molecule has 1 aliphatic rings. The standard InChI is InChI=1S/C50H74N18O15/c1-66-26-38(60-63-66)29-81-32-50(33-82-30-39-27-67(2)64-61-39,34-83-31-40-28-68(3)65-62-40)59-43(70)10-12-75-14-16-77-18-20-79-22-23-80-21-19-78-17-15-76-13-11-52-42(69)9-8-41(48(73)74)56-46(71)35-4-6-36(7-5-35)53-24-37-25-54-45-44(55-37)47(72)58-49(51)57-45/h4-7,25-28,41,53,60,63H,8-24,29-34H2,1-3H3,(H,52,69)(H,56,71)(H,59,70)(H,73,74)(H3,51,54,57,58,72)/t41-/m0/s1. The predicted molar refractivity (Wildman–Crippen MR) is 292 cm³/mol. The van der Waals surface area contributed by atoms with E-state index in [1.54, 1.807) is 53.0 Å². The monoisotopic (exact) mass is 1170 g/mol. The van der Waals surface area contributed by atoms with Gasteiger partial charge in [-0.3, -0.25) is 38.5 Å². The molecule has 0 unspecified atom stereocenters. The molecule has 454 valence electrons. The first-order valence-electron chi connectivity index (χ1n) is 26.5. The summed E-state index contributed by atoms with van der Waals surface area (Å²) < 4.78 is 54.8. The number of H-pyrrole nitrogens is 1. The van der Waals surface area contributed by atoms with E-state index in [9.17, 15) is 29.1 Å². The quantitative estimate of drug-likeness (QED) is 0.0188. The van der Waals surface area contributed by atoms with Gasteiger partial charge in [0.2, 0.25) is 17.8 Å². The molecule has 33 nitrogen and oxygen atoms in total. The van der Waals surface area contributed by atoms with Gasteiger partial charge < -0.3 is 80.2 Å². The number of nitrogens with two attached hydrogens (primary N) is 1. The molecule has 5 aromatic rings. The van der Waals surface area contributed by atoms with E-state index in [1.165, 1.54) is 18.3 Å². The number of hydrogen-bond donors (Lipinski definition) is 9. The Morgan fingerprint density at radius 2 is 1.27 bits per heavy atom. The molecule has 0 saturated heterocycles. The first-order chi connectivity index (χ1) is 40.2. The minimum absolute atomic E-state index is 0.0391. The van der Waals surface area contributed by atoms with Crippen molar-refractivity contribution in [1.82, 2.24) is 81.8 Å². The van der Waals surface area contributed by atoms with Gasteiger partial charge in [-0.25, -0.2) is 14.8 Å². The first kappa shape index (κ1) is 64.3. The fourth-order valence-electron chi connectivity index (χ4n) is 7.58. The summed E-state index contributed by atoms with van der Waals surface area (Å²) in [5.74, 6) is -2.65. The summed E-state index contributed by atoms with van der Waals surface area (Å²) >= 11 is 0. The molecule has 0 fully saturated rings. The summed E-state index contributed by atoms with van der Waals surface area (Å²) in [6, 6.07) is 4.98. The van der Waals surface area contributed by atoms with Crippen molar-refractivity contribution in [2.75, 3.05) is 130 Å². The second-order valence-electron chi connectivity index (χ2n) is 18.7. The van der Waals surface area contributed by atoms with Crippen molar-refractivity contribution in [3.8, 4) is 0 Å². The Kier molecular flexibility index (Phi) is 27.3. The molecule has 0 bridgehead atoms. The summed E-state index contributed by atoms with van der Waals surface area (Å²) in [6.45, 7) is 4.75. The van der Waals surface area contributed by atoms with Gasteiger partial charge in [0.05, 0.1) is 155 Å². The number of aliphatic carboxylic acids is 1. The molecule has 3 amide bonds. The number of hydrogen-bond acceptors (Lipinski definition) is 26. The number of ether oxygens (including phenoxy) is 9. The topological polar surface area (TPSA) is 406 Å². The third-order valence-electron chi connectivity index (χ3n) is 11.6. The highest BCUT2D eigenvalue weighted by molar-refractivity contribution is 5.97. The lowest BCUT2D eigenvalue weighted by Crippen LogP contribution is -2.58. The zero-order valence-electron chi connectivity index (χ0n) is 46.7. The van der Waals surface area contributed by atoms with E-state index in [-0.39, 0.29) is 127 Å². The smallest absolute Gasteiger partial charge is 0.326 e. The van der Waals surface area contributed by atoms with Gasteiger partial charge >= 0.3 is 5.97 Å². The highest BCUT2D eigenvalue weighted by Gasteiger charge is 2.34. The lowest BCUT2D eigenvalue weighted by Gasteiger charge is -2.34. The molecular weight excluding hydrogens is 1090 g/mol. The Morgan fingerprint density at radius 3 is 1.81 bits per heavy atom. The SMILES string of the molecule is CN1C=C(COCC(COCc2cn(C)nn2)(COCc2cn(C)nn2)NC(=O)CCOCCOCCOCCOCCOCCOCCNC(=O)CC[C@H](NC(=O)c2ccc(NCc3cnc4nc(N)[nH]c(=O)c4n3)cc2)C(=O)O)NN1. The van der Waals surface area contributed by atoms with Gasteiger partial charge in [0, 0.05) is 58.0 Å². The van der Waals surface area contributed by atoms with E-state index in [0.29, 0.717) is 75.6 Å². The number of aromatic amines is 1. The maximum atomic E-state index is 13.4. The van der Waals surface area contributed by atoms with Crippen LogP contribution in [0.3, 0.4) is 0 Å². The van der Waals surface area contributed by atoms with Crippen molar-refractivity contribution in [1.29, 1.82) is 0 Å². The predicted octanol–water partition coefficient (Wildman–Crippen LogP) is -2.17. The largest absolute Gasteiger partial charge is 0.480 e. The number of fused-ring (bicyclic) bond motifs is 1. The Labute approximate surface area is 476 Å². The highest BCUT2D eigenvalue weighted by Crippen LogP contribution is 2.15. The molecule has 0 aliphatic carbocycles. The van der Waals surface area contributed by atoms with Crippen LogP contribution in [0.15, 0.2) is 59.5 Å². The normalized spacial score (nSPS) is 12.8. The van der Waals surface area contributed by atoms with Gasteiger partial charge in [-0.2, -0.15) is 4.98 Å². The molecule has 1 aromatic carbocycles.